The Labute approximate surface area is 143 Å². The Kier molecular flexibility index (Phi) is 6.17. The van der Waals surface area contributed by atoms with E-state index >= 15 is 0 Å². The summed E-state index contributed by atoms with van der Waals surface area (Å²) in [6.07, 6.45) is 0. The Morgan fingerprint density at radius 1 is 1.36 bits per heavy atom. The number of carbonyl (C=O) groups is 1. The van der Waals surface area contributed by atoms with Gasteiger partial charge in [-0.1, -0.05) is 34.4 Å². The molecule has 0 fully saturated rings. The van der Waals surface area contributed by atoms with E-state index in [-0.39, 0.29) is 5.91 Å². The van der Waals surface area contributed by atoms with Crippen LogP contribution >= 0.6 is 35.0 Å². The predicted octanol–water partition coefficient (Wildman–Crippen LogP) is 4.15. The van der Waals surface area contributed by atoms with Crippen LogP contribution < -0.4 is 5.32 Å². The van der Waals surface area contributed by atoms with Crippen LogP contribution in [0.4, 0.5) is 0 Å². The highest BCUT2D eigenvalue weighted by Gasteiger charge is 2.10. The van der Waals surface area contributed by atoms with Crippen molar-refractivity contribution in [3.63, 3.8) is 0 Å². The Hall–Kier alpha value is -1.17. The second-order valence-electron chi connectivity index (χ2n) is 4.81. The summed E-state index contributed by atoms with van der Waals surface area (Å²) in [5.74, 6) is 1.84. The van der Waals surface area contributed by atoms with Gasteiger partial charge < -0.3 is 9.84 Å². The number of carbonyl (C=O) groups excluding carboxylic acids is 1. The van der Waals surface area contributed by atoms with Crippen molar-refractivity contribution in [2.45, 2.75) is 26.1 Å². The molecule has 1 N–H and O–H groups in total. The van der Waals surface area contributed by atoms with Gasteiger partial charge in [0, 0.05) is 27.9 Å². The second kappa shape index (κ2) is 7.90. The third kappa shape index (κ3) is 4.66. The number of nitrogens with one attached hydrogen (secondary N) is 1. The first-order valence-electron chi connectivity index (χ1n) is 6.67. The van der Waals surface area contributed by atoms with Gasteiger partial charge in [0.05, 0.1) is 11.4 Å². The zero-order valence-corrected chi connectivity index (χ0v) is 14.6. The van der Waals surface area contributed by atoms with Crippen LogP contribution in [-0.2, 0) is 17.1 Å². The standard InChI is InChI=1S/C15H16Cl2N2O2S/c1-9-13(10(2)21-19-9)7-22-8-15(20)18-6-11-3-4-12(16)5-14(11)17/h3-5H,6-8H2,1-2H3,(H,18,20). The van der Waals surface area contributed by atoms with Gasteiger partial charge >= 0.3 is 0 Å². The van der Waals surface area contributed by atoms with Crippen molar-refractivity contribution in [3.8, 4) is 0 Å². The molecule has 0 unspecified atom stereocenters. The number of thioether (sulfide) groups is 1. The first kappa shape index (κ1) is 17.2. The average Bonchev–Trinajstić information content (AvgIpc) is 2.78. The Balaban J connectivity index is 1.76. The molecule has 22 heavy (non-hydrogen) atoms. The van der Waals surface area contributed by atoms with E-state index in [1.54, 1.807) is 12.1 Å². The Morgan fingerprint density at radius 3 is 2.77 bits per heavy atom. The number of aryl methyl sites for hydroxylation is 2. The summed E-state index contributed by atoms with van der Waals surface area (Å²) in [7, 11) is 0. The molecule has 1 amide bonds. The largest absolute Gasteiger partial charge is 0.361 e. The van der Waals surface area contributed by atoms with Gasteiger partial charge in [0.15, 0.2) is 0 Å². The maximum absolute atomic E-state index is 11.9. The van der Waals surface area contributed by atoms with Crippen molar-refractivity contribution in [1.82, 2.24) is 10.5 Å². The normalized spacial score (nSPS) is 10.7. The minimum atomic E-state index is -0.0391. The minimum absolute atomic E-state index is 0.0391. The zero-order valence-electron chi connectivity index (χ0n) is 12.3. The number of amides is 1. The third-order valence-electron chi connectivity index (χ3n) is 3.15. The van der Waals surface area contributed by atoms with Gasteiger partial charge in [-0.05, 0) is 31.5 Å². The van der Waals surface area contributed by atoms with Crippen LogP contribution in [0.3, 0.4) is 0 Å². The topological polar surface area (TPSA) is 55.1 Å². The molecular formula is C15H16Cl2N2O2S. The van der Waals surface area contributed by atoms with Crippen LogP contribution in [0.2, 0.25) is 10.0 Å². The number of nitrogens with zero attached hydrogens (tertiary/aromatic N) is 1. The van der Waals surface area contributed by atoms with Crippen LogP contribution in [0.15, 0.2) is 22.7 Å². The van der Waals surface area contributed by atoms with E-state index in [2.05, 4.69) is 10.5 Å². The SMILES string of the molecule is Cc1noc(C)c1CSCC(=O)NCc1ccc(Cl)cc1Cl. The summed E-state index contributed by atoms with van der Waals surface area (Å²) in [6.45, 7) is 4.16. The monoisotopic (exact) mass is 358 g/mol. The number of halogens is 2. The fraction of sp³-hybridized carbons (Fsp3) is 0.333. The molecule has 0 spiro atoms. The van der Waals surface area contributed by atoms with E-state index in [4.69, 9.17) is 27.7 Å². The zero-order chi connectivity index (χ0) is 16.1. The Morgan fingerprint density at radius 2 is 2.14 bits per heavy atom. The van der Waals surface area contributed by atoms with E-state index in [1.807, 2.05) is 19.9 Å². The van der Waals surface area contributed by atoms with Gasteiger partial charge in [-0.2, -0.15) is 0 Å². The van der Waals surface area contributed by atoms with Gasteiger partial charge in [-0.25, -0.2) is 0 Å². The molecule has 0 aliphatic rings. The average molecular weight is 359 g/mol. The third-order valence-corrected chi connectivity index (χ3v) is 4.70. The molecule has 0 aliphatic heterocycles. The number of rotatable bonds is 6. The molecule has 0 atom stereocenters. The number of hydrogen-bond acceptors (Lipinski definition) is 4. The van der Waals surface area contributed by atoms with E-state index in [9.17, 15) is 4.79 Å². The first-order valence-corrected chi connectivity index (χ1v) is 8.58. The minimum Gasteiger partial charge on any atom is -0.361 e. The van der Waals surface area contributed by atoms with E-state index in [0.29, 0.717) is 28.1 Å². The van der Waals surface area contributed by atoms with Gasteiger partial charge in [0.1, 0.15) is 5.76 Å². The molecule has 2 rings (SSSR count). The lowest BCUT2D eigenvalue weighted by atomic mass is 10.2. The van der Waals surface area contributed by atoms with Gasteiger partial charge in [-0.3, -0.25) is 4.79 Å². The lowest BCUT2D eigenvalue weighted by Crippen LogP contribution is -2.24. The van der Waals surface area contributed by atoms with Crippen molar-refractivity contribution >= 4 is 40.9 Å². The van der Waals surface area contributed by atoms with Crippen molar-refractivity contribution in [3.05, 3.63) is 50.8 Å². The maximum Gasteiger partial charge on any atom is 0.230 e. The quantitative estimate of drug-likeness (QED) is 0.842. The maximum atomic E-state index is 11.9. The van der Waals surface area contributed by atoms with E-state index < -0.39 is 0 Å². The van der Waals surface area contributed by atoms with Crippen molar-refractivity contribution < 1.29 is 9.32 Å². The second-order valence-corrected chi connectivity index (χ2v) is 6.64. The molecule has 7 heteroatoms. The smallest absolute Gasteiger partial charge is 0.230 e. The van der Waals surface area contributed by atoms with Crippen LogP contribution in [0.5, 0.6) is 0 Å². The number of hydrogen-bond donors (Lipinski definition) is 1. The highest BCUT2D eigenvalue weighted by molar-refractivity contribution is 7.99. The Bertz CT molecular complexity index is 654. The van der Waals surface area contributed by atoms with Gasteiger partial charge in [0.25, 0.3) is 0 Å². The van der Waals surface area contributed by atoms with E-state index in [1.165, 1.54) is 11.8 Å². The molecule has 4 nitrogen and oxygen atoms in total. The van der Waals surface area contributed by atoms with Crippen LogP contribution in [0.1, 0.15) is 22.6 Å². The lowest BCUT2D eigenvalue weighted by molar-refractivity contribution is -0.118. The molecule has 0 saturated heterocycles. The summed E-state index contributed by atoms with van der Waals surface area (Å²) >= 11 is 13.4. The fourth-order valence-corrected chi connectivity index (χ4v) is 3.34. The number of aromatic nitrogens is 1. The fourth-order valence-electron chi connectivity index (χ4n) is 1.86. The molecule has 1 aromatic heterocycles. The molecule has 0 radical (unpaired) electrons. The molecule has 0 bridgehead atoms. The summed E-state index contributed by atoms with van der Waals surface area (Å²) in [4.78, 5) is 11.9. The predicted molar refractivity (Wildman–Crippen MR) is 90.4 cm³/mol. The van der Waals surface area contributed by atoms with Crippen molar-refractivity contribution in [2.75, 3.05) is 5.75 Å². The van der Waals surface area contributed by atoms with Crippen molar-refractivity contribution in [2.24, 2.45) is 0 Å². The van der Waals surface area contributed by atoms with Gasteiger partial charge in [-0.15, -0.1) is 11.8 Å². The molecule has 1 aromatic carbocycles. The number of benzene rings is 1. The molecule has 0 aliphatic carbocycles. The molecule has 118 valence electrons. The van der Waals surface area contributed by atoms with Crippen LogP contribution in [-0.4, -0.2) is 16.8 Å². The van der Waals surface area contributed by atoms with E-state index in [0.717, 1.165) is 22.6 Å². The molecular weight excluding hydrogens is 343 g/mol. The summed E-state index contributed by atoms with van der Waals surface area (Å²) in [6, 6.07) is 5.22. The molecule has 2 aromatic rings. The van der Waals surface area contributed by atoms with Crippen molar-refractivity contribution in [1.29, 1.82) is 0 Å². The summed E-state index contributed by atoms with van der Waals surface area (Å²) in [5, 5.41) is 7.87. The summed E-state index contributed by atoms with van der Waals surface area (Å²) < 4.78 is 5.09. The lowest BCUT2D eigenvalue weighted by Gasteiger charge is -2.07. The van der Waals surface area contributed by atoms with Crippen LogP contribution in [0, 0.1) is 13.8 Å². The summed E-state index contributed by atoms with van der Waals surface area (Å²) in [5.41, 5.74) is 2.77. The van der Waals surface area contributed by atoms with Gasteiger partial charge in [0.2, 0.25) is 5.91 Å². The molecule has 0 saturated carbocycles. The first-order chi connectivity index (χ1) is 10.5. The molecule has 1 heterocycles. The highest BCUT2D eigenvalue weighted by atomic mass is 35.5. The highest BCUT2D eigenvalue weighted by Crippen LogP contribution is 2.21. The van der Waals surface area contributed by atoms with Crippen LogP contribution in [0.25, 0.3) is 0 Å².